The molecule has 1 heterocycles. The first-order chi connectivity index (χ1) is 11.6. The molecular weight excluding hydrogens is 318 g/mol. The van der Waals surface area contributed by atoms with E-state index in [4.69, 9.17) is 4.74 Å². The van der Waals surface area contributed by atoms with E-state index in [0.717, 1.165) is 11.4 Å². The van der Waals surface area contributed by atoms with Crippen LogP contribution in [-0.4, -0.2) is 33.9 Å². The van der Waals surface area contributed by atoms with Gasteiger partial charge < -0.3 is 15.2 Å². The Morgan fingerprint density at radius 2 is 1.88 bits per heavy atom. The molecule has 25 heavy (non-hydrogen) atoms. The molecule has 136 valence electrons. The van der Waals surface area contributed by atoms with Gasteiger partial charge >= 0.3 is 0 Å². The average Bonchev–Trinajstić information content (AvgIpc) is 2.96. The van der Waals surface area contributed by atoms with Gasteiger partial charge in [0.25, 0.3) is 5.91 Å². The Morgan fingerprint density at radius 3 is 2.36 bits per heavy atom. The van der Waals surface area contributed by atoms with E-state index in [9.17, 15) is 9.90 Å². The number of aliphatic hydroxyl groups excluding tert-OH is 1. The molecule has 1 aromatic carbocycles. The first-order valence-corrected chi connectivity index (χ1v) is 8.33. The molecule has 0 aliphatic carbocycles. The fourth-order valence-corrected chi connectivity index (χ4v) is 2.71. The SMILES string of the molecule is COc1ccc(C(O)C(C)NC(=O)c2cc(C)n(C(C)(C)C)n2)cc1. The quantitative estimate of drug-likeness (QED) is 0.874. The molecule has 0 fully saturated rings. The van der Waals surface area contributed by atoms with Gasteiger partial charge in [0, 0.05) is 5.69 Å². The molecule has 2 unspecified atom stereocenters. The number of carbonyl (C=O) groups is 1. The Kier molecular flexibility index (Phi) is 5.52. The van der Waals surface area contributed by atoms with Gasteiger partial charge in [-0.25, -0.2) is 0 Å². The van der Waals surface area contributed by atoms with Crippen molar-refractivity contribution in [3.8, 4) is 5.75 Å². The van der Waals surface area contributed by atoms with Crippen LogP contribution in [0.1, 0.15) is 55.5 Å². The van der Waals surface area contributed by atoms with Crippen LogP contribution >= 0.6 is 0 Å². The van der Waals surface area contributed by atoms with Gasteiger partial charge in [0.15, 0.2) is 0 Å². The van der Waals surface area contributed by atoms with Gasteiger partial charge in [-0.05, 0) is 58.4 Å². The fraction of sp³-hybridized carbons (Fsp3) is 0.474. The van der Waals surface area contributed by atoms with Crippen LogP contribution in [0, 0.1) is 6.92 Å². The molecule has 6 heteroatoms. The molecule has 1 aromatic heterocycles. The fourth-order valence-electron chi connectivity index (χ4n) is 2.71. The third kappa shape index (κ3) is 4.39. The van der Waals surface area contributed by atoms with E-state index in [1.807, 2.05) is 32.4 Å². The smallest absolute Gasteiger partial charge is 0.272 e. The number of carbonyl (C=O) groups excluding carboxylic acids is 1. The van der Waals surface area contributed by atoms with Crippen molar-refractivity contribution < 1.29 is 14.6 Å². The average molecular weight is 345 g/mol. The molecule has 0 spiro atoms. The molecular formula is C19H27N3O3. The van der Waals surface area contributed by atoms with Crippen LogP contribution in [-0.2, 0) is 5.54 Å². The number of amides is 1. The minimum atomic E-state index is -0.819. The summed E-state index contributed by atoms with van der Waals surface area (Å²) in [4.78, 5) is 12.5. The lowest BCUT2D eigenvalue weighted by Crippen LogP contribution is -2.37. The highest BCUT2D eigenvalue weighted by molar-refractivity contribution is 5.92. The molecule has 0 bridgehead atoms. The van der Waals surface area contributed by atoms with Gasteiger partial charge in [0.1, 0.15) is 11.4 Å². The van der Waals surface area contributed by atoms with Crippen molar-refractivity contribution in [2.45, 2.75) is 52.3 Å². The Morgan fingerprint density at radius 1 is 1.28 bits per heavy atom. The van der Waals surface area contributed by atoms with Crippen molar-refractivity contribution in [1.29, 1.82) is 0 Å². The molecule has 6 nitrogen and oxygen atoms in total. The van der Waals surface area contributed by atoms with Crippen LogP contribution in [0.15, 0.2) is 30.3 Å². The van der Waals surface area contributed by atoms with E-state index in [-0.39, 0.29) is 11.4 Å². The summed E-state index contributed by atoms with van der Waals surface area (Å²) in [5.74, 6) is 0.419. The zero-order chi connectivity index (χ0) is 18.8. The number of nitrogens with zero attached hydrogens (tertiary/aromatic N) is 2. The maximum absolute atomic E-state index is 12.5. The molecule has 0 radical (unpaired) electrons. The second kappa shape index (κ2) is 7.27. The number of aliphatic hydroxyl groups is 1. The number of methoxy groups -OCH3 is 1. The highest BCUT2D eigenvalue weighted by Crippen LogP contribution is 2.21. The first-order valence-electron chi connectivity index (χ1n) is 8.33. The second-order valence-corrected chi connectivity index (χ2v) is 7.23. The monoisotopic (exact) mass is 345 g/mol. The highest BCUT2D eigenvalue weighted by Gasteiger charge is 2.23. The third-order valence-corrected chi connectivity index (χ3v) is 4.05. The molecule has 0 saturated carbocycles. The molecule has 0 saturated heterocycles. The number of ether oxygens (including phenoxy) is 1. The summed E-state index contributed by atoms with van der Waals surface area (Å²) in [5, 5.41) is 17.7. The van der Waals surface area contributed by atoms with E-state index in [0.29, 0.717) is 11.3 Å². The summed E-state index contributed by atoms with van der Waals surface area (Å²) in [5.41, 5.74) is 1.78. The van der Waals surface area contributed by atoms with Crippen molar-refractivity contribution in [1.82, 2.24) is 15.1 Å². The Hall–Kier alpha value is -2.34. The normalized spacial score (nSPS) is 14.0. The number of rotatable bonds is 5. The van der Waals surface area contributed by atoms with E-state index in [2.05, 4.69) is 10.4 Å². The molecule has 1 amide bonds. The molecule has 2 atom stereocenters. The second-order valence-electron chi connectivity index (χ2n) is 7.23. The van der Waals surface area contributed by atoms with E-state index in [1.54, 1.807) is 44.4 Å². The minimum Gasteiger partial charge on any atom is -0.497 e. The van der Waals surface area contributed by atoms with Gasteiger partial charge in [-0.15, -0.1) is 0 Å². The number of aromatic nitrogens is 2. The number of hydrogen-bond acceptors (Lipinski definition) is 4. The predicted octanol–water partition coefficient (Wildman–Crippen LogP) is 2.81. The van der Waals surface area contributed by atoms with Crippen LogP contribution in [0.3, 0.4) is 0 Å². The molecule has 2 aromatic rings. The van der Waals surface area contributed by atoms with Crippen LogP contribution in [0.4, 0.5) is 0 Å². The Bertz CT molecular complexity index is 729. The van der Waals surface area contributed by atoms with Crippen molar-refractivity contribution in [3.05, 3.63) is 47.3 Å². The van der Waals surface area contributed by atoms with Gasteiger partial charge in [-0.3, -0.25) is 9.48 Å². The minimum absolute atomic E-state index is 0.198. The van der Waals surface area contributed by atoms with Crippen molar-refractivity contribution >= 4 is 5.91 Å². The number of nitrogens with one attached hydrogen (secondary N) is 1. The maximum Gasteiger partial charge on any atom is 0.272 e. The summed E-state index contributed by atoms with van der Waals surface area (Å²) >= 11 is 0. The molecule has 2 N–H and O–H groups in total. The molecule has 0 aliphatic rings. The standard InChI is InChI=1S/C19H27N3O3/c1-12-11-16(21-22(12)19(3,4)5)18(24)20-13(2)17(23)14-7-9-15(25-6)10-8-14/h7-11,13,17,23H,1-6H3,(H,20,24). The summed E-state index contributed by atoms with van der Waals surface area (Å²) in [7, 11) is 1.59. The largest absolute Gasteiger partial charge is 0.497 e. The number of hydrogen-bond donors (Lipinski definition) is 2. The van der Waals surface area contributed by atoms with E-state index >= 15 is 0 Å². The highest BCUT2D eigenvalue weighted by atomic mass is 16.5. The van der Waals surface area contributed by atoms with Gasteiger partial charge in [0.2, 0.25) is 0 Å². The summed E-state index contributed by atoms with van der Waals surface area (Å²) in [6.07, 6.45) is -0.819. The van der Waals surface area contributed by atoms with Crippen molar-refractivity contribution in [3.63, 3.8) is 0 Å². The van der Waals surface area contributed by atoms with Crippen LogP contribution < -0.4 is 10.1 Å². The summed E-state index contributed by atoms with van der Waals surface area (Å²) in [6.45, 7) is 9.78. The zero-order valence-electron chi connectivity index (χ0n) is 15.7. The maximum atomic E-state index is 12.5. The van der Waals surface area contributed by atoms with E-state index < -0.39 is 12.1 Å². The van der Waals surface area contributed by atoms with Gasteiger partial charge in [0.05, 0.1) is 24.8 Å². The topological polar surface area (TPSA) is 76.4 Å². The number of aryl methyl sites for hydroxylation is 1. The lowest BCUT2D eigenvalue weighted by atomic mass is 10.0. The van der Waals surface area contributed by atoms with Crippen molar-refractivity contribution in [2.75, 3.05) is 7.11 Å². The van der Waals surface area contributed by atoms with Crippen LogP contribution in [0.2, 0.25) is 0 Å². The molecule has 2 rings (SSSR count). The van der Waals surface area contributed by atoms with Crippen molar-refractivity contribution in [2.24, 2.45) is 0 Å². The van der Waals surface area contributed by atoms with Crippen LogP contribution in [0.5, 0.6) is 5.75 Å². The van der Waals surface area contributed by atoms with E-state index in [1.165, 1.54) is 0 Å². The number of benzene rings is 1. The predicted molar refractivity (Wildman–Crippen MR) is 96.8 cm³/mol. The molecule has 0 aliphatic heterocycles. The van der Waals surface area contributed by atoms with Gasteiger partial charge in [-0.1, -0.05) is 12.1 Å². The summed E-state index contributed by atoms with van der Waals surface area (Å²) < 4.78 is 6.94. The first kappa shape index (κ1) is 19.0. The Balaban J connectivity index is 2.08. The lowest BCUT2D eigenvalue weighted by molar-refractivity contribution is 0.0845. The van der Waals surface area contributed by atoms with Crippen LogP contribution in [0.25, 0.3) is 0 Å². The Labute approximate surface area is 148 Å². The lowest BCUT2D eigenvalue weighted by Gasteiger charge is -2.21. The third-order valence-electron chi connectivity index (χ3n) is 4.05. The zero-order valence-corrected chi connectivity index (χ0v) is 15.7. The van der Waals surface area contributed by atoms with Gasteiger partial charge in [-0.2, -0.15) is 5.10 Å². The summed E-state index contributed by atoms with van der Waals surface area (Å²) in [6, 6.07) is 8.42.